The summed E-state index contributed by atoms with van der Waals surface area (Å²) in [5.41, 5.74) is 1.89. The van der Waals surface area contributed by atoms with Crippen LogP contribution in [0.3, 0.4) is 0 Å². The number of rotatable bonds is 5. The van der Waals surface area contributed by atoms with E-state index in [9.17, 15) is 8.42 Å². The van der Waals surface area contributed by atoms with Gasteiger partial charge in [0.1, 0.15) is 4.90 Å². The van der Waals surface area contributed by atoms with Crippen molar-refractivity contribution in [1.29, 1.82) is 0 Å². The first-order valence-electron chi connectivity index (χ1n) is 9.03. The molecule has 1 fully saturated rings. The zero-order valence-corrected chi connectivity index (χ0v) is 16.5. The molecule has 1 aromatic carbocycles. The first kappa shape index (κ1) is 18.8. The van der Waals surface area contributed by atoms with Crippen LogP contribution in [-0.2, 0) is 21.3 Å². The number of morpholine rings is 1. The molecule has 0 amide bonds. The number of hydrogen-bond donors (Lipinski definition) is 0. The number of hydrogen-bond acceptors (Lipinski definition) is 7. The molecule has 4 rings (SSSR count). The van der Waals surface area contributed by atoms with Crippen molar-refractivity contribution in [3.8, 4) is 11.4 Å². The quantitative estimate of drug-likeness (QED) is 0.642. The van der Waals surface area contributed by atoms with Gasteiger partial charge in [-0.25, -0.2) is 8.42 Å². The monoisotopic (exact) mass is 403 g/mol. The van der Waals surface area contributed by atoms with Crippen LogP contribution in [0.2, 0.25) is 0 Å². The summed E-state index contributed by atoms with van der Waals surface area (Å²) in [7, 11) is -3.66. The van der Waals surface area contributed by atoms with Crippen molar-refractivity contribution in [3.05, 3.63) is 48.1 Å². The predicted octanol–water partition coefficient (Wildman–Crippen LogP) is 2.02. The van der Waals surface area contributed by atoms with E-state index in [-0.39, 0.29) is 30.5 Å². The minimum Gasteiger partial charge on any atom is -0.366 e. The molecule has 1 aliphatic rings. The van der Waals surface area contributed by atoms with E-state index in [4.69, 9.17) is 9.26 Å². The second kappa shape index (κ2) is 7.46. The molecular weight excluding hydrogens is 382 g/mol. The number of aryl methyl sites for hydroxylation is 2. The highest BCUT2D eigenvalue weighted by Crippen LogP contribution is 2.28. The Morgan fingerprint density at radius 1 is 1.29 bits per heavy atom. The number of benzene rings is 1. The van der Waals surface area contributed by atoms with Crippen LogP contribution in [0.25, 0.3) is 11.4 Å². The van der Waals surface area contributed by atoms with Gasteiger partial charge in [-0.1, -0.05) is 29.4 Å². The van der Waals surface area contributed by atoms with Gasteiger partial charge in [-0.3, -0.25) is 4.68 Å². The molecule has 0 radical (unpaired) electrons. The van der Waals surface area contributed by atoms with E-state index in [0.717, 1.165) is 11.1 Å². The van der Waals surface area contributed by atoms with Crippen molar-refractivity contribution in [3.63, 3.8) is 0 Å². The predicted molar refractivity (Wildman–Crippen MR) is 99.8 cm³/mol. The molecule has 3 aromatic rings. The molecule has 0 spiro atoms. The van der Waals surface area contributed by atoms with Crippen LogP contribution in [-0.4, -0.2) is 52.3 Å². The van der Waals surface area contributed by atoms with E-state index in [0.29, 0.717) is 12.4 Å². The number of aromatic nitrogens is 4. The van der Waals surface area contributed by atoms with Gasteiger partial charge in [0.2, 0.25) is 15.8 Å². The SMILES string of the molecule is CCn1cc(S(=O)(=O)N2CCOC(c3nc(-c4ccccc4C)no3)C2)cn1. The maximum Gasteiger partial charge on any atom is 0.257 e. The van der Waals surface area contributed by atoms with Crippen molar-refractivity contribution < 1.29 is 17.7 Å². The molecule has 0 saturated carbocycles. The standard InChI is InChI=1S/C18H21N5O4S/c1-3-22-11-14(10-19-22)28(24,25)23-8-9-26-16(12-23)18-20-17(21-27-18)15-7-5-4-6-13(15)2/h4-7,10-11,16H,3,8-9,12H2,1-2H3. The third-order valence-electron chi connectivity index (χ3n) is 4.70. The minimum atomic E-state index is -3.66. The van der Waals surface area contributed by atoms with Gasteiger partial charge in [-0.15, -0.1) is 0 Å². The van der Waals surface area contributed by atoms with E-state index >= 15 is 0 Å². The molecule has 28 heavy (non-hydrogen) atoms. The summed E-state index contributed by atoms with van der Waals surface area (Å²) in [5.74, 6) is 0.725. The average molecular weight is 403 g/mol. The molecule has 10 heteroatoms. The van der Waals surface area contributed by atoms with Crippen molar-refractivity contribution in [2.24, 2.45) is 0 Å². The van der Waals surface area contributed by atoms with Crippen molar-refractivity contribution in [1.82, 2.24) is 24.2 Å². The van der Waals surface area contributed by atoms with Crippen LogP contribution in [0.5, 0.6) is 0 Å². The zero-order chi connectivity index (χ0) is 19.7. The number of nitrogens with zero attached hydrogens (tertiary/aromatic N) is 5. The number of sulfonamides is 1. The molecule has 9 nitrogen and oxygen atoms in total. The lowest BCUT2D eigenvalue weighted by Crippen LogP contribution is -2.42. The van der Waals surface area contributed by atoms with Crippen LogP contribution < -0.4 is 0 Å². The fraction of sp³-hybridized carbons (Fsp3) is 0.389. The summed E-state index contributed by atoms with van der Waals surface area (Å²) >= 11 is 0. The lowest BCUT2D eigenvalue weighted by molar-refractivity contribution is -0.0199. The van der Waals surface area contributed by atoms with Gasteiger partial charge in [-0.05, 0) is 19.4 Å². The van der Waals surface area contributed by atoms with Crippen LogP contribution in [0.4, 0.5) is 0 Å². The average Bonchev–Trinajstić information content (AvgIpc) is 3.38. The molecule has 1 atom stereocenters. The topological polar surface area (TPSA) is 103 Å². The van der Waals surface area contributed by atoms with Crippen molar-refractivity contribution >= 4 is 10.0 Å². The Hall–Kier alpha value is -2.56. The summed E-state index contributed by atoms with van der Waals surface area (Å²) in [6, 6.07) is 7.72. The third kappa shape index (κ3) is 3.46. The highest BCUT2D eigenvalue weighted by molar-refractivity contribution is 7.89. The highest BCUT2D eigenvalue weighted by Gasteiger charge is 2.35. The largest absolute Gasteiger partial charge is 0.366 e. The zero-order valence-electron chi connectivity index (χ0n) is 15.6. The molecule has 0 N–H and O–H groups in total. The minimum absolute atomic E-state index is 0.106. The second-order valence-corrected chi connectivity index (χ2v) is 8.46. The van der Waals surface area contributed by atoms with Crippen LogP contribution in [0, 0.1) is 6.92 Å². The Labute approximate surface area is 163 Å². The van der Waals surface area contributed by atoms with Gasteiger partial charge in [0.25, 0.3) is 5.89 Å². The van der Waals surface area contributed by atoms with Crippen LogP contribution in [0.1, 0.15) is 24.5 Å². The third-order valence-corrected chi connectivity index (χ3v) is 6.52. The van der Waals surface area contributed by atoms with Gasteiger partial charge in [0.15, 0.2) is 6.10 Å². The molecule has 0 bridgehead atoms. The van der Waals surface area contributed by atoms with Crippen molar-refractivity contribution in [2.45, 2.75) is 31.4 Å². The maximum atomic E-state index is 12.9. The van der Waals surface area contributed by atoms with Gasteiger partial charge in [-0.2, -0.15) is 14.4 Å². The number of ether oxygens (including phenoxy) is 1. The molecular formula is C18H21N5O4S. The first-order chi connectivity index (χ1) is 13.5. The highest BCUT2D eigenvalue weighted by atomic mass is 32.2. The van der Waals surface area contributed by atoms with Crippen LogP contribution in [0.15, 0.2) is 46.1 Å². The summed E-state index contributed by atoms with van der Waals surface area (Å²) in [6.45, 7) is 5.08. The summed E-state index contributed by atoms with van der Waals surface area (Å²) in [4.78, 5) is 4.60. The summed E-state index contributed by atoms with van der Waals surface area (Å²) < 4.78 is 39.9. The van der Waals surface area contributed by atoms with Gasteiger partial charge >= 0.3 is 0 Å². The summed E-state index contributed by atoms with van der Waals surface area (Å²) in [6.07, 6.45) is 2.28. The normalized spacial score (nSPS) is 18.4. The Morgan fingerprint density at radius 3 is 2.86 bits per heavy atom. The van der Waals surface area contributed by atoms with E-state index < -0.39 is 16.1 Å². The van der Waals surface area contributed by atoms with Gasteiger partial charge in [0, 0.05) is 31.4 Å². The molecule has 148 valence electrons. The molecule has 1 saturated heterocycles. The molecule has 3 heterocycles. The van der Waals surface area contributed by atoms with E-state index in [1.54, 1.807) is 4.68 Å². The summed E-state index contributed by atoms with van der Waals surface area (Å²) in [5, 5.41) is 8.09. The molecule has 2 aromatic heterocycles. The van der Waals surface area contributed by atoms with E-state index in [2.05, 4.69) is 15.2 Å². The lowest BCUT2D eigenvalue weighted by atomic mass is 10.1. The van der Waals surface area contributed by atoms with Crippen molar-refractivity contribution in [2.75, 3.05) is 19.7 Å². The van der Waals surface area contributed by atoms with E-state index in [1.807, 2.05) is 38.1 Å². The first-order valence-corrected chi connectivity index (χ1v) is 10.5. The van der Waals surface area contributed by atoms with Gasteiger partial charge in [0.05, 0.1) is 12.8 Å². The molecule has 0 aliphatic carbocycles. The maximum absolute atomic E-state index is 12.9. The van der Waals surface area contributed by atoms with Crippen LogP contribution >= 0.6 is 0 Å². The van der Waals surface area contributed by atoms with Gasteiger partial charge < -0.3 is 9.26 Å². The Balaban J connectivity index is 1.55. The molecule has 1 unspecified atom stereocenters. The second-order valence-electron chi connectivity index (χ2n) is 6.53. The fourth-order valence-corrected chi connectivity index (χ4v) is 4.47. The Bertz CT molecular complexity index is 1080. The molecule has 1 aliphatic heterocycles. The Kier molecular flexibility index (Phi) is 5.00. The fourth-order valence-electron chi connectivity index (χ4n) is 3.09. The Morgan fingerprint density at radius 2 is 2.11 bits per heavy atom. The lowest BCUT2D eigenvalue weighted by Gasteiger charge is -2.29. The van der Waals surface area contributed by atoms with E-state index in [1.165, 1.54) is 16.7 Å². The smallest absolute Gasteiger partial charge is 0.257 e.